The fraction of sp³-hybridized carbons (Fsp3) is 0.400. The molecule has 44 valence electrons. The van der Waals surface area contributed by atoms with Crippen LogP contribution in [0.25, 0.3) is 0 Å². The van der Waals surface area contributed by atoms with Crippen molar-refractivity contribution < 1.29 is 42.2 Å². The van der Waals surface area contributed by atoms with Crippen molar-refractivity contribution in [3.63, 3.8) is 0 Å². The molecule has 0 aromatic heterocycles. The van der Waals surface area contributed by atoms with E-state index in [4.69, 9.17) is 0 Å². The molecule has 3 heteroatoms. The van der Waals surface area contributed by atoms with Crippen molar-refractivity contribution in [1.82, 2.24) is 0 Å². The van der Waals surface area contributed by atoms with Gasteiger partial charge in [0.15, 0.2) is 0 Å². The number of ether oxygens (including phenoxy) is 1. The normalized spacial score (nSPS) is 8.00. The third-order valence-electron chi connectivity index (χ3n) is 0.545. The minimum Gasteiger partial charge on any atom is -0.640 e. The van der Waals surface area contributed by atoms with Gasteiger partial charge in [-0.15, -0.1) is 0 Å². The first-order valence-corrected chi connectivity index (χ1v) is 1.97. The molecule has 0 aliphatic carbocycles. The van der Waals surface area contributed by atoms with Crippen LogP contribution in [0, 0.1) is 20.0 Å². The monoisotopic (exact) mass is 189 g/mol. The van der Waals surface area contributed by atoms with Gasteiger partial charge in [-0.3, -0.25) is 4.79 Å². The van der Waals surface area contributed by atoms with Crippen LogP contribution in [0.1, 0.15) is 6.92 Å². The molecule has 8 heavy (non-hydrogen) atoms. The zero-order valence-corrected chi connectivity index (χ0v) is 7.72. The second-order valence-electron chi connectivity index (χ2n) is 1.36. The zero-order valence-electron chi connectivity index (χ0n) is 4.89. The Morgan fingerprint density at radius 3 is 2.25 bits per heavy atom. The second kappa shape index (κ2) is 5.71. The largest absolute Gasteiger partial charge is 0.640 e. The summed E-state index contributed by atoms with van der Waals surface area (Å²) < 4.78 is 4.06. The summed E-state index contributed by atoms with van der Waals surface area (Å²) in [6, 6.07) is 0. The number of carbonyl (C=O) groups is 1. The van der Waals surface area contributed by atoms with Gasteiger partial charge in [0, 0.05) is 32.7 Å². The van der Waals surface area contributed by atoms with E-state index in [1.165, 1.54) is 0 Å². The Kier molecular flexibility index (Phi) is 8.12. The average Bonchev–Trinajstić information content (AvgIpc) is 1.65. The van der Waals surface area contributed by atoms with E-state index in [-0.39, 0.29) is 44.6 Å². The molecule has 1 atom stereocenters. The first-order chi connectivity index (χ1) is 3.18. The van der Waals surface area contributed by atoms with Gasteiger partial charge in [-0.25, -0.2) is 0 Å². The summed E-state index contributed by atoms with van der Waals surface area (Å²) in [6.45, 7) is 5.04. The molecule has 2 radical (unpaired) electrons. The van der Waals surface area contributed by atoms with Crippen LogP contribution in [0.2, 0.25) is 0 Å². The number of hydrogen-bond donors (Lipinski definition) is 0. The van der Waals surface area contributed by atoms with E-state index in [0.29, 0.717) is 0 Å². The maximum Gasteiger partial charge on any atom is 0.277 e. The average molecular weight is 189 g/mol. The van der Waals surface area contributed by atoms with E-state index in [2.05, 4.69) is 18.8 Å². The Balaban J connectivity index is 0. The molecule has 0 N–H and O–H groups in total. The van der Waals surface area contributed by atoms with Gasteiger partial charge >= 0.3 is 0 Å². The van der Waals surface area contributed by atoms with Gasteiger partial charge in [0.1, 0.15) is 0 Å². The predicted molar refractivity (Wildman–Crippen MR) is 26.0 cm³/mol. The standard InChI is InChI=1S/C5H8O2.Y/c1-4(2)5(6)7-3;/h4H,1,3H2,2H3;/q-1;. The number of carbonyl (C=O) groups excluding carboxylic acids is 1. The Morgan fingerprint density at radius 2 is 2.25 bits per heavy atom. The first kappa shape index (κ1) is 11.4. The molecule has 0 spiro atoms. The molecule has 0 heterocycles. The van der Waals surface area contributed by atoms with Crippen molar-refractivity contribution in [2.45, 2.75) is 6.92 Å². The van der Waals surface area contributed by atoms with Crippen molar-refractivity contribution in [3.8, 4) is 0 Å². The number of rotatable bonds is 1. The van der Waals surface area contributed by atoms with E-state index in [9.17, 15) is 4.79 Å². The molecular weight excluding hydrogens is 181 g/mol. The maximum absolute atomic E-state index is 10.2. The molecule has 0 aromatic rings. The van der Waals surface area contributed by atoms with Gasteiger partial charge in [0.2, 0.25) is 0 Å². The molecule has 0 saturated carbocycles. The molecule has 0 rings (SSSR count). The van der Waals surface area contributed by atoms with Crippen molar-refractivity contribution in [2.75, 3.05) is 0 Å². The Morgan fingerprint density at radius 1 is 1.88 bits per heavy atom. The van der Waals surface area contributed by atoms with Gasteiger partial charge in [-0.05, 0) is 6.92 Å². The molecule has 0 fully saturated rings. The van der Waals surface area contributed by atoms with Crippen LogP contribution in [0.3, 0.4) is 0 Å². The number of esters is 1. The first-order valence-electron chi connectivity index (χ1n) is 1.97. The molecule has 0 saturated heterocycles. The van der Waals surface area contributed by atoms with Crippen LogP contribution < -0.4 is 0 Å². The van der Waals surface area contributed by atoms with Crippen LogP contribution in [-0.2, 0) is 42.2 Å². The van der Waals surface area contributed by atoms with Crippen molar-refractivity contribution >= 4 is 5.97 Å². The zero-order chi connectivity index (χ0) is 5.86. The summed E-state index contributed by atoms with van der Waals surface area (Å²) in [4.78, 5) is 10.2. The summed E-state index contributed by atoms with van der Waals surface area (Å²) in [5.41, 5.74) is 0. The number of hydrogen-bond acceptors (Lipinski definition) is 2. The predicted octanol–water partition coefficient (Wildman–Crippen LogP) is 0.789. The van der Waals surface area contributed by atoms with Gasteiger partial charge in [0.25, 0.3) is 5.97 Å². The fourth-order valence-corrected chi connectivity index (χ4v) is 0.142. The van der Waals surface area contributed by atoms with E-state index in [0.717, 1.165) is 0 Å². The summed E-state index contributed by atoms with van der Waals surface area (Å²) in [6.07, 6.45) is 0. The third-order valence-corrected chi connectivity index (χ3v) is 0.545. The van der Waals surface area contributed by atoms with Crippen LogP contribution in [-0.4, -0.2) is 5.97 Å². The fourth-order valence-electron chi connectivity index (χ4n) is 0.142. The topological polar surface area (TPSA) is 26.3 Å². The SMILES string of the molecule is [CH2]C(C)C(=O)O[CH2-].[Y]. The minimum absolute atomic E-state index is 0. The molecule has 0 bridgehead atoms. The van der Waals surface area contributed by atoms with Crippen LogP contribution >= 0.6 is 0 Å². The van der Waals surface area contributed by atoms with E-state index < -0.39 is 0 Å². The van der Waals surface area contributed by atoms with Crippen molar-refractivity contribution in [1.29, 1.82) is 0 Å². The Hall–Kier alpha value is 0.574. The van der Waals surface area contributed by atoms with Crippen LogP contribution in [0.15, 0.2) is 0 Å². The van der Waals surface area contributed by atoms with Crippen molar-refractivity contribution in [2.24, 2.45) is 5.92 Å². The molecule has 0 amide bonds. The summed E-state index contributed by atoms with van der Waals surface area (Å²) in [7, 11) is 2.92. The van der Waals surface area contributed by atoms with Gasteiger partial charge in [0.05, 0.1) is 5.92 Å². The quantitative estimate of drug-likeness (QED) is 0.450. The van der Waals surface area contributed by atoms with E-state index >= 15 is 0 Å². The molecule has 1 unspecified atom stereocenters. The Labute approximate surface area is 74.9 Å². The van der Waals surface area contributed by atoms with Gasteiger partial charge < -0.3 is 4.74 Å². The maximum atomic E-state index is 10.2. The summed E-state index contributed by atoms with van der Waals surface area (Å²) in [5.74, 6) is -0.683. The Bertz CT molecular complexity index is 70.8. The second-order valence-corrected chi connectivity index (χ2v) is 1.36. The van der Waals surface area contributed by atoms with E-state index in [1.807, 2.05) is 0 Å². The molecule has 0 aromatic carbocycles. The van der Waals surface area contributed by atoms with E-state index in [1.54, 1.807) is 6.92 Å². The molecular formula is C5H8O2Y-. The molecule has 0 aliphatic rings. The van der Waals surface area contributed by atoms with Gasteiger partial charge in [-0.1, -0.05) is 6.92 Å². The molecule has 0 aliphatic heterocycles. The summed E-state index contributed by atoms with van der Waals surface area (Å²) in [5, 5.41) is 0. The van der Waals surface area contributed by atoms with Crippen molar-refractivity contribution in [3.05, 3.63) is 14.0 Å². The van der Waals surface area contributed by atoms with Crippen LogP contribution in [0.5, 0.6) is 0 Å². The smallest absolute Gasteiger partial charge is 0.277 e. The van der Waals surface area contributed by atoms with Crippen LogP contribution in [0.4, 0.5) is 0 Å². The van der Waals surface area contributed by atoms with Gasteiger partial charge in [-0.2, -0.15) is 7.11 Å². The minimum atomic E-state index is -0.375. The third kappa shape index (κ3) is 4.73. The summed E-state index contributed by atoms with van der Waals surface area (Å²) >= 11 is 0. The molecule has 2 nitrogen and oxygen atoms in total.